The van der Waals surface area contributed by atoms with E-state index in [0.717, 1.165) is 31.2 Å². The van der Waals surface area contributed by atoms with Gasteiger partial charge < -0.3 is 10.8 Å². The molecule has 2 rings (SSSR count). The van der Waals surface area contributed by atoms with Crippen molar-refractivity contribution in [2.75, 3.05) is 6.54 Å². The van der Waals surface area contributed by atoms with Crippen LogP contribution in [0, 0.1) is 11.3 Å². The summed E-state index contributed by atoms with van der Waals surface area (Å²) in [6.07, 6.45) is 3.50. The first-order valence-electron chi connectivity index (χ1n) is 6.81. The molecule has 1 aromatic rings. The monoisotopic (exact) mass is 301 g/mol. The molecule has 0 saturated heterocycles. The van der Waals surface area contributed by atoms with Crippen LogP contribution in [0.1, 0.15) is 44.3 Å². The van der Waals surface area contributed by atoms with Crippen LogP contribution >= 0.6 is 23.2 Å². The maximum absolute atomic E-state index is 10.7. The minimum Gasteiger partial charge on any atom is -0.388 e. The summed E-state index contributed by atoms with van der Waals surface area (Å²) in [4.78, 5) is 0. The summed E-state index contributed by atoms with van der Waals surface area (Å²) in [7, 11) is 0. The lowest BCUT2D eigenvalue weighted by Gasteiger charge is -2.42. The summed E-state index contributed by atoms with van der Waals surface area (Å²) in [5.74, 6) is 0.715. The molecule has 2 nitrogen and oxygen atoms in total. The molecule has 0 aliphatic heterocycles. The number of halogens is 2. The topological polar surface area (TPSA) is 46.2 Å². The van der Waals surface area contributed by atoms with Crippen LogP contribution in [0.3, 0.4) is 0 Å². The van der Waals surface area contributed by atoms with Crippen molar-refractivity contribution in [3.63, 3.8) is 0 Å². The molecule has 1 atom stereocenters. The molecule has 1 fully saturated rings. The second-order valence-corrected chi connectivity index (χ2v) is 6.66. The summed E-state index contributed by atoms with van der Waals surface area (Å²) < 4.78 is 0. The van der Waals surface area contributed by atoms with E-state index >= 15 is 0 Å². The molecule has 1 saturated carbocycles. The Morgan fingerprint density at radius 1 is 1.37 bits per heavy atom. The van der Waals surface area contributed by atoms with E-state index in [2.05, 4.69) is 6.92 Å². The Morgan fingerprint density at radius 3 is 2.53 bits per heavy atom. The second kappa shape index (κ2) is 6.01. The van der Waals surface area contributed by atoms with Crippen LogP contribution in [-0.4, -0.2) is 11.7 Å². The maximum atomic E-state index is 10.7. The average Bonchev–Trinajstić information content (AvgIpc) is 2.39. The molecule has 106 valence electrons. The van der Waals surface area contributed by atoms with Gasteiger partial charge in [0.1, 0.15) is 0 Å². The Hall–Kier alpha value is -0.280. The molecular weight excluding hydrogens is 281 g/mol. The molecular formula is C15H21Cl2NO. The van der Waals surface area contributed by atoms with Crippen LogP contribution in [0.5, 0.6) is 0 Å². The molecule has 0 radical (unpaired) electrons. The van der Waals surface area contributed by atoms with Crippen molar-refractivity contribution in [3.8, 4) is 0 Å². The van der Waals surface area contributed by atoms with Crippen molar-refractivity contribution < 1.29 is 5.11 Å². The summed E-state index contributed by atoms with van der Waals surface area (Å²) in [6.45, 7) is 2.74. The molecule has 1 aliphatic carbocycles. The Balaban J connectivity index is 2.27. The van der Waals surface area contributed by atoms with E-state index in [4.69, 9.17) is 28.9 Å². The van der Waals surface area contributed by atoms with Crippen LogP contribution in [0.2, 0.25) is 10.0 Å². The molecule has 0 heterocycles. The summed E-state index contributed by atoms with van der Waals surface area (Å²) in [5.41, 5.74) is 6.47. The first-order chi connectivity index (χ1) is 8.98. The highest BCUT2D eigenvalue weighted by Gasteiger charge is 2.40. The van der Waals surface area contributed by atoms with Crippen LogP contribution in [0.15, 0.2) is 18.2 Å². The first kappa shape index (κ1) is 15.1. The molecule has 4 heteroatoms. The highest BCUT2D eigenvalue weighted by molar-refractivity contribution is 6.35. The lowest BCUT2D eigenvalue weighted by molar-refractivity contribution is -0.00811. The zero-order valence-electron chi connectivity index (χ0n) is 11.2. The molecule has 19 heavy (non-hydrogen) atoms. The number of nitrogens with two attached hydrogens (primary N) is 1. The van der Waals surface area contributed by atoms with Gasteiger partial charge in [-0.25, -0.2) is 0 Å². The third kappa shape index (κ3) is 3.08. The Bertz CT molecular complexity index is 442. The maximum Gasteiger partial charge on any atom is 0.0872 e. The van der Waals surface area contributed by atoms with Gasteiger partial charge >= 0.3 is 0 Å². The summed E-state index contributed by atoms with van der Waals surface area (Å²) >= 11 is 12.1. The number of hydrogen-bond acceptors (Lipinski definition) is 2. The fraction of sp³-hybridized carbons (Fsp3) is 0.600. The van der Waals surface area contributed by atoms with Gasteiger partial charge in [-0.1, -0.05) is 49.0 Å². The molecule has 1 aliphatic rings. The van der Waals surface area contributed by atoms with E-state index in [1.54, 1.807) is 12.1 Å². The zero-order chi connectivity index (χ0) is 14.0. The van der Waals surface area contributed by atoms with Crippen molar-refractivity contribution in [3.05, 3.63) is 33.8 Å². The third-order valence-electron chi connectivity index (χ3n) is 4.51. The molecule has 1 unspecified atom stereocenters. The van der Waals surface area contributed by atoms with E-state index in [1.165, 1.54) is 0 Å². The highest BCUT2D eigenvalue weighted by atomic mass is 35.5. The van der Waals surface area contributed by atoms with Gasteiger partial charge in [-0.3, -0.25) is 0 Å². The van der Waals surface area contributed by atoms with Gasteiger partial charge in [0.05, 0.1) is 6.10 Å². The lowest BCUT2D eigenvalue weighted by Crippen LogP contribution is -2.40. The SMILES string of the molecule is CC1CCC(CN)(C(O)c2ccc(Cl)cc2Cl)CC1. The number of aliphatic hydroxyl groups excluding tert-OH is 1. The molecule has 0 bridgehead atoms. The van der Waals surface area contributed by atoms with E-state index in [9.17, 15) is 5.11 Å². The quantitative estimate of drug-likeness (QED) is 0.879. The fourth-order valence-electron chi connectivity index (χ4n) is 2.98. The standard InChI is InChI=1S/C15H21Cl2NO/c1-10-4-6-15(9-18,7-5-10)14(19)12-3-2-11(16)8-13(12)17/h2-3,8,10,14,19H,4-7,9,18H2,1H3. The van der Waals surface area contributed by atoms with E-state index in [1.807, 2.05) is 6.07 Å². The van der Waals surface area contributed by atoms with E-state index < -0.39 is 6.10 Å². The van der Waals surface area contributed by atoms with Crippen LogP contribution < -0.4 is 5.73 Å². The third-order valence-corrected chi connectivity index (χ3v) is 5.08. The molecule has 0 spiro atoms. The number of benzene rings is 1. The predicted molar refractivity (Wildman–Crippen MR) is 80.5 cm³/mol. The van der Waals surface area contributed by atoms with Gasteiger partial charge in [0, 0.05) is 22.0 Å². The van der Waals surface area contributed by atoms with Crippen LogP contribution in [0.25, 0.3) is 0 Å². The highest BCUT2D eigenvalue weighted by Crippen LogP contribution is 2.48. The smallest absolute Gasteiger partial charge is 0.0872 e. The van der Waals surface area contributed by atoms with Crippen molar-refractivity contribution >= 4 is 23.2 Å². The second-order valence-electron chi connectivity index (χ2n) is 5.82. The van der Waals surface area contributed by atoms with Crippen molar-refractivity contribution in [2.45, 2.75) is 38.7 Å². The minimum absolute atomic E-state index is 0.246. The Morgan fingerprint density at radius 2 is 2.00 bits per heavy atom. The van der Waals surface area contributed by atoms with E-state index in [0.29, 0.717) is 22.5 Å². The van der Waals surface area contributed by atoms with Gasteiger partial charge in [-0.2, -0.15) is 0 Å². The minimum atomic E-state index is -0.616. The summed E-state index contributed by atoms with van der Waals surface area (Å²) in [5, 5.41) is 11.8. The first-order valence-corrected chi connectivity index (χ1v) is 7.57. The average molecular weight is 302 g/mol. The van der Waals surface area contributed by atoms with E-state index in [-0.39, 0.29) is 5.41 Å². The number of aliphatic hydroxyl groups is 1. The molecule has 1 aromatic carbocycles. The summed E-state index contributed by atoms with van der Waals surface area (Å²) in [6, 6.07) is 5.25. The van der Waals surface area contributed by atoms with Crippen molar-refractivity contribution in [1.29, 1.82) is 0 Å². The molecule has 3 N–H and O–H groups in total. The van der Waals surface area contributed by atoms with Gasteiger partial charge in [0.15, 0.2) is 0 Å². The number of hydrogen-bond donors (Lipinski definition) is 2. The number of rotatable bonds is 3. The Kier molecular flexibility index (Phi) is 4.78. The fourth-order valence-corrected chi connectivity index (χ4v) is 3.49. The largest absolute Gasteiger partial charge is 0.388 e. The van der Waals surface area contributed by atoms with Gasteiger partial charge in [0.25, 0.3) is 0 Å². The lowest BCUT2D eigenvalue weighted by atomic mass is 9.66. The normalized spacial score (nSPS) is 29.2. The van der Waals surface area contributed by atoms with Gasteiger partial charge in [0.2, 0.25) is 0 Å². The van der Waals surface area contributed by atoms with Gasteiger partial charge in [-0.05, 0) is 36.5 Å². The van der Waals surface area contributed by atoms with Crippen molar-refractivity contribution in [2.24, 2.45) is 17.1 Å². The Labute approximate surface area is 124 Å². The zero-order valence-corrected chi connectivity index (χ0v) is 12.7. The van der Waals surface area contributed by atoms with Crippen LogP contribution in [0.4, 0.5) is 0 Å². The van der Waals surface area contributed by atoms with Crippen molar-refractivity contribution in [1.82, 2.24) is 0 Å². The molecule has 0 aromatic heterocycles. The predicted octanol–water partition coefficient (Wildman–Crippen LogP) is 4.18. The van der Waals surface area contributed by atoms with Crippen LogP contribution in [-0.2, 0) is 0 Å². The van der Waals surface area contributed by atoms with Gasteiger partial charge in [-0.15, -0.1) is 0 Å². The molecule has 0 amide bonds.